The van der Waals surface area contributed by atoms with Crippen LogP contribution >= 0.6 is 0 Å². The molecule has 0 spiro atoms. The third-order valence-corrected chi connectivity index (χ3v) is 7.87. The van der Waals surface area contributed by atoms with E-state index in [1.54, 1.807) is 12.3 Å². The Morgan fingerprint density at radius 3 is 2.66 bits per heavy atom. The van der Waals surface area contributed by atoms with Crippen LogP contribution < -0.4 is 0 Å². The fourth-order valence-electron chi connectivity index (χ4n) is 5.98. The van der Waals surface area contributed by atoms with Crippen molar-refractivity contribution in [3.05, 3.63) is 70.9 Å². The number of benzene rings is 1. The zero-order valence-electron chi connectivity index (χ0n) is 19.5. The van der Waals surface area contributed by atoms with E-state index in [0.717, 1.165) is 18.4 Å². The number of hydrogen-bond acceptors (Lipinski definition) is 7. The van der Waals surface area contributed by atoms with Crippen LogP contribution in [0, 0.1) is 17.0 Å². The van der Waals surface area contributed by atoms with Crippen LogP contribution in [0.4, 0.5) is 8.78 Å². The van der Waals surface area contributed by atoms with Crippen molar-refractivity contribution in [2.45, 2.75) is 57.0 Å². The summed E-state index contributed by atoms with van der Waals surface area (Å²) >= 11 is 0. The Hall–Kier alpha value is -3.17. The van der Waals surface area contributed by atoms with Gasteiger partial charge in [-0.3, -0.25) is 9.78 Å². The maximum Gasteiger partial charge on any atom is 0.182 e. The predicted octanol–water partition coefficient (Wildman–Crippen LogP) is 3.73. The summed E-state index contributed by atoms with van der Waals surface area (Å²) in [7, 11) is 0. The third kappa shape index (κ3) is 3.48. The summed E-state index contributed by atoms with van der Waals surface area (Å²) in [5.74, 6) is -1.59. The number of carbonyl (C=O) groups is 1. The van der Waals surface area contributed by atoms with E-state index in [4.69, 9.17) is 5.11 Å². The second kappa shape index (κ2) is 8.49. The van der Waals surface area contributed by atoms with Gasteiger partial charge in [0.2, 0.25) is 0 Å². The SMILES string of the molecule is CC1(C)[C@H]2CC[C@]1(c1cncc(C(=O)CC[C@@H](O)CO)n1)c1nnc(-c3c(F)cccc3F)cc12. The number of rotatable bonds is 7. The topological polar surface area (TPSA) is 109 Å². The van der Waals surface area contributed by atoms with Crippen LogP contribution in [-0.4, -0.2) is 48.9 Å². The van der Waals surface area contributed by atoms with Gasteiger partial charge in [0.25, 0.3) is 0 Å². The van der Waals surface area contributed by atoms with Crippen molar-refractivity contribution >= 4 is 5.78 Å². The summed E-state index contributed by atoms with van der Waals surface area (Å²) in [6.07, 6.45) is 3.80. The van der Waals surface area contributed by atoms with E-state index < -0.39 is 29.8 Å². The average molecular weight is 481 g/mol. The Labute approximate surface area is 201 Å². The molecule has 0 unspecified atom stereocenters. The normalized spacial score (nSPS) is 22.7. The monoisotopic (exact) mass is 480 g/mol. The van der Waals surface area contributed by atoms with Gasteiger partial charge in [0.15, 0.2) is 5.78 Å². The van der Waals surface area contributed by atoms with Crippen LogP contribution in [-0.2, 0) is 5.41 Å². The highest BCUT2D eigenvalue weighted by Gasteiger charge is 2.65. The number of hydrogen-bond donors (Lipinski definition) is 2. The van der Waals surface area contributed by atoms with Gasteiger partial charge in [-0.05, 0) is 54.4 Å². The lowest BCUT2D eigenvalue weighted by Crippen LogP contribution is -2.38. The van der Waals surface area contributed by atoms with Crippen molar-refractivity contribution in [3.63, 3.8) is 0 Å². The van der Waals surface area contributed by atoms with Gasteiger partial charge in [-0.15, -0.1) is 5.10 Å². The molecule has 2 heterocycles. The fraction of sp³-hybridized carbons (Fsp3) is 0.423. The minimum Gasteiger partial charge on any atom is -0.394 e. The molecule has 182 valence electrons. The maximum atomic E-state index is 14.4. The Kier molecular flexibility index (Phi) is 5.72. The largest absolute Gasteiger partial charge is 0.394 e. The molecule has 9 heteroatoms. The molecule has 2 aliphatic carbocycles. The second-order valence-corrected chi connectivity index (χ2v) is 9.94. The molecule has 2 N–H and O–H groups in total. The standard InChI is InChI=1S/C26H26F2N4O3/c1-25(2)16-8-9-26(25,22-12-29-11-20(30-22)21(35)7-6-14(34)13-33)24-15(16)10-19(31-32-24)23-17(27)4-3-5-18(23)28/h3-5,10-12,14,16,33-34H,6-9,13H2,1-2H3/t14-,16+,26+/m1/s1. The molecule has 35 heavy (non-hydrogen) atoms. The molecule has 2 aliphatic rings. The Balaban J connectivity index is 1.57. The van der Waals surface area contributed by atoms with E-state index in [0.29, 0.717) is 11.4 Å². The number of carbonyl (C=O) groups excluding carboxylic acids is 1. The number of Topliss-reactive ketones (excluding diaryl/α,β-unsaturated/α-hetero) is 1. The first-order valence-corrected chi connectivity index (χ1v) is 11.7. The van der Waals surface area contributed by atoms with Gasteiger partial charge in [-0.2, -0.15) is 5.10 Å². The third-order valence-electron chi connectivity index (χ3n) is 7.87. The number of fused-ring (bicyclic) bond motifs is 5. The van der Waals surface area contributed by atoms with Crippen LogP contribution in [0.1, 0.15) is 72.9 Å². The first kappa shape index (κ1) is 23.6. The highest BCUT2D eigenvalue weighted by Crippen LogP contribution is 2.69. The molecule has 0 amide bonds. The lowest BCUT2D eigenvalue weighted by molar-refractivity contribution is 0.0776. The summed E-state index contributed by atoms with van der Waals surface area (Å²) in [6.45, 7) is 3.82. The van der Waals surface area contributed by atoms with Gasteiger partial charge >= 0.3 is 0 Å². The summed E-state index contributed by atoms with van der Waals surface area (Å²) in [6, 6.07) is 5.44. The summed E-state index contributed by atoms with van der Waals surface area (Å²) in [5, 5.41) is 27.3. The molecule has 2 aromatic heterocycles. The van der Waals surface area contributed by atoms with Crippen molar-refractivity contribution in [2.75, 3.05) is 6.61 Å². The molecule has 2 bridgehead atoms. The average Bonchev–Trinajstić information content (AvgIpc) is 3.23. The molecule has 1 fully saturated rings. The molecule has 0 saturated heterocycles. The molecular formula is C26H26F2N4O3. The van der Waals surface area contributed by atoms with Crippen LogP contribution in [0.2, 0.25) is 0 Å². The van der Waals surface area contributed by atoms with E-state index in [-0.39, 0.29) is 46.9 Å². The highest BCUT2D eigenvalue weighted by atomic mass is 19.1. The molecule has 5 rings (SSSR count). The van der Waals surface area contributed by atoms with Gasteiger partial charge in [0.05, 0.1) is 47.0 Å². The predicted molar refractivity (Wildman–Crippen MR) is 123 cm³/mol. The van der Waals surface area contributed by atoms with Crippen LogP contribution in [0.15, 0.2) is 36.7 Å². The molecule has 0 radical (unpaired) electrons. The van der Waals surface area contributed by atoms with Crippen molar-refractivity contribution in [3.8, 4) is 11.3 Å². The van der Waals surface area contributed by atoms with Crippen LogP contribution in [0.5, 0.6) is 0 Å². The van der Waals surface area contributed by atoms with Gasteiger partial charge in [-0.1, -0.05) is 19.9 Å². The number of aliphatic hydroxyl groups excluding tert-OH is 2. The van der Waals surface area contributed by atoms with Gasteiger partial charge in [0, 0.05) is 12.6 Å². The summed E-state index contributed by atoms with van der Waals surface area (Å²) in [4.78, 5) is 21.7. The lowest BCUT2D eigenvalue weighted by Gasteiger charge is -2.37. The fourth-order valence-corrected chi connectivity index (χ4v) is 5.98. The van der Waals surface area contributed by atoms with Gasteiger partial charge < -0.3 is 10.2 Å². The molecule has 1 saturated carbocycles. The Morgan fingerprint density at radius 1 is 1.20 bits per heavy atom. The molecule has 1 aromatic carbocycles. The molecule has 3 atom stereocenters. The van der Waals surface area contributed by atoms with Gasteiger partial charge in [-0.25, -0.2) is 13.8 Å². The minimum atomic E-state index is -0.964. The summed E-state index contributed by atoms with van der Waals surface area (Å²) in [5.41, 5.74) is 1.33. The van der Waals surface area contributed by atoms with E-state index in [1.807, 2.05) is 0 Å². The lowest BCUT2D eigenvalue weighted by atomic mass is 9.66. The van der Waals surface area contributed by atoms with E-state index >= 15 is 0 Å². The zero-order chi connectivity index (χ0) is 25.0. The smallest absolute Gasteiger partial charge is 0.182 e. The maximum absolute atomic E-state index is 14.4. The number of halogens is 2. The van der Waals surface area contributed by atoms with E-state index in [9.17, 15) is 18.7 Å². The quantitative estimate of drug-likeness (QED) is 0.496. The molecule has 3 aromatic rings. The number of nitrogens with zero attached hydrogens (tertiary/aromatic N) is 4. The van der Waals surface area contributed by atoms with E-state index in [1.165, 1.54) is 24.4 Å². The molecule has 7 nitrogen and oxygen atoms in total. The first-order chi connectivity index (χ1) is 16.7. The number of aromatic nitrogens is 4. The van der Waals surface area contributed by atoms with Crippen LogP contribution in [0.3, 0.4) is 0 Å². The Bertz CT molecular complexity index is 1300. The van der Waals surface area contributed by atoms with Crippen molar-refractivity contribution < 1.29 is 23.8 Å². The van der Waals surface area contributed by atoms with Crippen molar-refractivity contribution in [1.29, 1.82) is 0 Å². The molecular weight excluding hydrogens is 454 g/mol. The zero-order valence-corrected chi connectivity index (χ0v) is 19.5. The molecule has 0 aliphatic heterocycles. The summed E-state index contributed by atoms with van der Waals surface area (Å²) < 4.78 is 28.9. The number of ketones is 1. The van der Waals surface area contributed by atoms with Crippen molar-refractivity contribution in [1.82, 2.24) is 20.2 Å². The Morgan fingerprint density at radius 2 is 1.94 bits per heavy atom. The van der Waals surface area contributed by atoms with Gasteiger partial charge in [0.1, 0.15) is 17.3 Å². The van der Waals surface area contributed by atoms with E-state index in [2.05, 4.69) is 34.0 Å². The second-order valence-electron chi connectivity index (χ2n) is 9.94. The van der Waals surface area contributed by atoms with Crippen LogP contribution in [0.25, 0.3) is 11.3 Å². The number of aliphatic hydroxyl groups is 2. The highest BCUT2D eigenvalue weighted by molar-refractivity contribution is 5.94. The minimum absolute atomic E-state index is 0.0346. The van der Waals surface area contributed by atoms with Crippen molar-refractivity contribution in [2.24, 2.45) is 5.41 Å². The first-order valence-electron chi connectivity index (χ1n) is 11.7.